The van der Waals surface area contributed by atoms with E-state index in [0.29, 0.717) is 0 Å². The summed E-state index contributed by atoms with van der Waals surface area (Å²) in [6, 6.07) is 6.39. The molecule has 1 aromatic carbocycles. The number of aromatic amines is 1. The third-order valence-electron chi connectivity index (χ3n) is 3.94. The number of nitrogens with one attached hydrogen (secondary N) is 2. The molecule has 0 spiro atoms. The standard InChI is InChI=1S/C14H19N3/c1-3-14(7-4-8-15-14)13-16-11-6-5-10(2)9-12(11)17-13/h5-6,9,15H,3-4,7-8H2,1-2H3,(H,16,17). The molecule has 2 aromatic rings. The van der Waals surface area contributed by atoms with Gasteiger partial charge in [-0.2, -0.15) is 0 Å². The van der Waals surface area contributed by atoms with E-state index < -0.39 is 0 Å². The van der Waals surface area contributed by atoms with Gasteiger partial charge in [0, 0.05) is 0 Å². The number of imidazole rings is 1. The zero-order valence-electron chi connectivity index (χ0n) is 10.5. The van der Waals surface area contributed by atoms with Crippen LogP contribution in [-0.2, 0) is 5.54 Å². The molecule has 0 saturated carbocycles. The molecule has 2 N–H and O–H groups in total. The number of benzene rings is 1. The van der Waals surface area contributed by atoms with Crippen LogP contribution in [0.1, 0.15) is 37.6 Å². The van der Waals surface area contributed by atoms with E-state index in [1.165, 1.54) is 18.4 Å². The molecule has 90 valence electrons. The largest absolute Gasteiger partial charge is 0.340 e. The molecule has 3 heteroatoms. The highest BCUT2D eigenvalue weighted by Crippen LogP contribution is 2.33. The van der Waals surface area contributed by atoms with Gasteiger partial charge in [-0.05, 0) is 50.4 Å². The summed E-state index contributed by atoms with van der Waals surface area (Å²) in [6.45, 7) is 5.45. The number of H-pyrrole nitrogens is 1. The van der Waals surface area contributed by atoms with Gasteiger partial charge >= 0.3 is 0 Å². The average molecular weight is 229 g/mol. The highest BCUT2D eigenvalue weighted by Gasteiger charge is 2.36. The van der Waals surface area contributed by atoms with Crippen LogP contribution in [0.3, 0.4) is 0 Å². The number of hydrogen-bond donors (Lipinski definition) is 2. The molecule has 1 aliphatic rings. The van der Waals surface area contributed by atoms with Crippen molar-refractivity contribution >= 4 is 11.0 Å². The maximum atomic E-state index is 4.76. The summed E-state index contributed by atoms with van der Waals surface area (Å²) >= 11 is 0. The van der Waals surface area contributed by atoms with E-state index in [2.05, 4.69) is 42.3 Å². The second kappa shape index (κ2) is 3.84. The van der Waals surface area contributed by atoms with Crippen LogP contribution in [0.2, 0.25) is 0 Å². The monoisotopic (exact) mass is 229 g/mol. The Morgan fingerprint density at radius 2 is 2.29 bits per heavy atom. The maximum Gasteiger partial charge on any atom is 0.127 e. The molecule has 17 heavy (non-hydrogen) atoms. The first-order valence-electron chi connectivity index (χ1n) is 6.45. The van der Waals surface area contributed by atoms with Gasteiger partial charge in [0.2, 0.25) is 0 Å². The van der Waals surface area contributed by atoms with Gasteiger partial charge in [0.1, 0.15) is 5.82 Å². The molecule has 3 nitrogen and oxygen atoms in total. The lowest BCUT2D eigenvalue weighted by molar-refractivity contribution is 0.357. The molecule has 1 aliphatic heterocycles. The minimum Gasteiger partial charge on any atom is -0.340 e. The van der Waals surface area contributed by atoms with Crippen molar-refractivity contribution in [3.8, 4) is 0 Å². The molecule has 0 amide bonds. The molecule has 1 saturated heterocycles. The topological polar surface area (TPSA) is 40.7 Å². The number of aromatic nitrogens is 2. The zero-order chi connectivity index (χ0) is 11.9. The summed E-state index contributed by atoms with van der Waals surface area (Å²) in [5.41, 5.74) is 3.58. The van der Waals surface area contributed by atoms with Gasteiger partial charge in [-0.25, -0.2) is 4.98 Å². The lowest BCUT2D eigenvalue weighted by Crippen LogP contribution is -2.37. The van der Waals surface area contributed by atoms with Gasteiger partial charge in [0.15, 0.2) is 0 Å². The minimum atomic E-state index is 0.0763. The van der Waals surface area contributed by atoms with Gasteiger partial charge in [-0.15, -0.1) is 0 Å². The summed E-state index contributed by atoms with van der Waals surface area (Å²) < 4.78 is 0. The molecule has 2 heterocycles. The molecule has 0 radical (unpaired) electrons. The molecule has 1 unspecified atom stereocenters. The Morgan fingerprint density at radius 1 is 1.41 bits per heavy atom. The number of rotatable bonds is 2. The fraction of sp³-hybridized carbons (Fsp3) is 0.500. The minimum absolute atomic E-state index is 0.0763. The van der Waals surface area contributed by atoms with E-state index in [1.54, 1.807) is 0 Å². The third-order valence-corrected chi connectivity index (χ3v) is 3.94. The van der Waals surface area contributed by atoms with Crippen LogP contribution in [0, 0.1) is 6.92 Å². The highest BCUT2D eigenvalue weighted by molar-refractivity contribution is 5.76. The fourth-order valence-electron chi connectivity index (χ4n) is 2.83. The summed E-state index contributed by atoms with van der Waals surface area (Å²) in [5.74, 6) is 1.11. The first-order valence-corrected chi connectivity index (χ1v) is 6.45. The number of fused-ring (bicyclic) bond motifs is 1. The van der Waals surface area contributed by atoms with E-state index in [9.17, 15) is 0 Å². The van der Waals surface area contributed by atoms with E-state index in [0.717, 1.165) is 29.8 Å². The second-order valence-corrected chi connectivity index (χ2v) is 5.07. The van der Waals surface area contributed by atoms with Crippen LogP contribution >= 0.6 is 0 Å². The fourth-order valence-corrected chi connectivity index (χ4v) is 2.83. The van der Waals surface area contributed by atoms with E-state index in [4.69, 9.17) is 4.98 Å². The molecular weight excluding hydrogens is 210 g/mol. The predicted octanol–water partition coefficient (Wildman–Crippen LogP) is 2.86. The van der Waals surface area contributed by atoms with Crippen molar-refractivity contribution in [3.63, 3.8) is 0 Å². The van der Waals surface area contributed by atoms with Crippen LogP contribution in [0.25, 0.3) is 11.0 Å². The molecule has 3 rings (SSSR count). The Morgan fingerprint density at radius 3 is 3.00 bits per heavy atom. The van der Waals surface area contributed by atoms with Crippen LogP contribution in [0.15, 0.2) is 18.2 Å². The Kier molecular flexibility index (Phi) is 2.44. The SMILES string of the molecule is CCC1(c2nc3ccc(C)cc3[nH]2)CCCN1. The Balaban J connectivity index is 2.11. The summed E-state index contributed by atoms with van der Waals surface area (Å²) in [5, 5.41) is 3.62. The van der Waals surface area contributed by atoms with E-state index >= 15 is 0 Å². The summed E-state index contributed by atoms with van der Waals surface area (Å²) in [4.78, 5) is 8.26. The molecule has 1 atom stereocenters. The number of nitrogens with zero attached hydrogens (tertiary/aromatic N) is 1. The predicted molar refractivity (Wildman–Crippen MR) is 70.0 cm³/mol. The molecule has 1 fully saturated rings. The van der Waals surface area contributed by atoms with Crippen molar-refractivity contribution in [1.29, 1.82) is 0 Å². The van der Waals surface area contributed by atoms with Gasteiger partial charge in [-0.3, -0.25) is 0 Å². The lowest BCUT2D eigenvalue weighted by Gasteiger charge is -2.25. The number of hydrogen-bond acceptors (Lipinski definition) is 2. The van der Waals surface area contributed by atoms with Gasteiger partial charge in [0.25, 0.3) is 0 Å². The van der Waals surface area contributed by atoms with Crippen molar-refractivity contribution in [3.05, 3.63) is 29.6 Å². The first-order chi connectivity index (χ1) is 8.23. The summed E-state index contributed by atoms with van der Waals surface area (Å²) in [6.07, 6.45) is 3.51. The van der Waals surface area contributed by atoms with E-state index in [1.807, 2.05) is 0 Å². The van der Waals surface area contributed by atoms with E-state index in [-0.39, 0.29) is 5.54 Å². The highest BCUT2D eigenvalue weighted by atomic mass is 15.1. The van der Waals surface area contributed by atoms with Crippen LogP contribution in [0.5, 0.6) is 0 Å². The Hall–Kier alpha value is -1.35. The molecule has 0 bridgehead atoms. The van der Waals surface area contributed by atoms with Crippen molar-refractivity contribution in [2.75, 3.05) is 6.54 Å². The third kappa shape index (κ3) is 1.65. The van der Waals surface area contributed by atoms with Crippen molar-refractivity contribution < 1.29 is 0 Å². The van der Waals surface area contributed by atoms with Crippen molar-refractivity contribution in [2.24, 2.45) is 0 Å². The zero-order valence-corrected chi connectivity index (χ0v) is 10.5. The Labute approximate surface area is 102 Å². The van der Waals surface area contributed by atoms with Gasteiger partial charge in [-0.1, -0.05) is 13.0 Å². The summed E-state index contributed by atoms with van der Waals surface area (Å²) in [7, 11) is 0. The maximum absolute atomic E-state index is 4.76. The van der Waals surface area contributed by atoms with Crippen LogP contribution in [0.4, 0.5) is 0 Å². The number of aryl methyl sites for hydroxylation is 1. The smallest absolute Gasteiger partial charge is 0.127 e. The van der Waals surface area contributed by atoms with Gasteiger partial charge < -0.3 is 10.3 Å². The quantitative estimate of drug-likeness (QED) is 0.831. The second-order valence-electron chi connectivity index (χ2n) is 5.07. The lowest BCUT2D eigenvalue weighted by atomic mass is 9.93. The average Bonchev–Trinajstić information content (AvgIpc) is 2.94. The first kappa shape index (κ1) is 10.8. The van der Waals surface area contributed by atoms with Crippen molar-refractivity contribution in [2.45, 2.75) is 38.6 Å². The molecule has 1 aromatic heterocycles. The Bertz CT molecular complexity index is 535. The van der Waals surface area contributed by atoms with Crippen LogP contribution in [-0.4, -0.2) is 16.5 Å². The normalized spacial score (nSPS) is 24.6. The van der Waals surface area contributed by atoms with Crippen LogP contribution < -0.4 is 5.32 Å². The molecular formula is C14H19N3. The van der Waals surface area contributed by atoms with Gasteiger partial charge in [0.05, 0.1) is 16.6 Å². The molecule has 0 aliphatic carbocycles. The van der Waals surface area contributed by atoms with Crippen molar-refractivity contribution in [1.82, 2.24) is 15.3 Å².